The van der Waals surface area contributed by atoms with Crippen LogP contribution in [0.25, 0.3) is 0 Å². The first-order valence-corrected chi connectivity index (χ1v) is 5.93. The molecular formula is C14H11F2NO3. The molecule has 1 heterocycles. The number of hydrogen-bond donors (Lipinski definition) is 2. The van der Waals surface area contributed by atoms with Crippen molar-refractivity contribution in [1.82, 2.24) is 0 Å². The highest BCUT2D eigenvalue weighted by atomic mass is 19.3. The zero-order valence-electron chi connectivity index (χ0n) is 10.3. The lowest BCUT2D eigenvalue weighted by atomic mass is 10.2. The maximum absolute atomic E-state index is 12.9. The summed E-state index contributed by atoms with van der Waals surface area (Å²) in [6.07, 6.45) is -3.60. The summed E-state index contributed by atoms with van der Waals surface area (Å²) < 4.78 is 34.4. The number of anilines is 1. The van der Waals surface area contributed by atoms with Gasteiger partial charge in [0.25, 0.3) is 0 Å². The Balaban J connectivity index is 1.69. The summed E-state index contributed by atoms with van der Waals surface area (Å²) in [4.78, 5) is 0. The lowest BCUT2D eigenvalue weighted by Crippen LogP contribution is -2.25. The van der Waals surface area contributed by atoms with Gasteiger partial charge in [-0.15, -0.1) is 8.78 Å². The summed E-state index contributed by atoms with van der Waals surface area (Å²) in [5.74, 6) is 0.218. The summed E-state index contributed by atoms with van der Waals surface area (Å²) in [7, 11) is 0. The number of nitrogens with one attached hydrogen (secondary N) is 1. The van der Waals surface area contributed by atoms with Crippen molar-refractivity contribution >= 4 is 5.69 Å². The van der Waals surface area contributed by atoms with Gasteiger partial charge in [-0.1, -0.05) is 12.1 Å². The van der Waals surface area contributed by atoms with E-state index >= 15 is 0 Å². The van der Waals surface area contributed by atoms with Gasteiger partial charge < -0.3 is 19.9 Å². The molecule has 0 spiro atoms. The van der Waals surface area contributed by atoms with E-state index in [2.05, 4.69) is 14.8 Å². The summed E-state index contributed by atoms with van der Waals surface area (Å²) in [6.45, 7) is 0.496. The monoisotopic (exact) mass is 279 g/mol. The molecule has 0 radical (unpaired) electrons. The maximum Gasteiger partial charge on any atom is 0.586 e. The van der Waals surface area contributed by atoms with Crippen molar-refractivity contribution in [1.29, 1.82) is 0 Å². The highest BCUT2D eigenvalue weighted by Gasteiger charge is 2.43. The Kier molecular flexibility index (Phi) is 2.85. The lowest BCUT2D eigenvalue weighted by molar-refractivity contribution is -0.286. The summed E-state index contributed by atoms with van der Waals surface area (Å²) in [6, 6.07) is 11.2. The van der Waals surface area contributed by atoms with Crippen molar-refractivity contribution < 1.29 is 23.4 Å². The van der Waals surface area contributed by atoms with Gasteiger partial charge in [-0.3, -0.25) is 0 Å². The molecular weight excluding hydrogens is 268 g/mol. The number of aromatic hydroxyl groups is 1. The molecule has 1 aliphatic rings. The van der Waals surface area contributed by atoms with Crippen molar-refractivity contribution in [3.05, 3.63) is 48.0 Å². The molecule has 0 aromatic heterocycles. The third kappa shape index (κ3) is 2.59. The van der Waals surface area contributed by atoms with Gasteiger partial charge in [-0.2, -0.15) is 0 Å². The van der Waals surface area contributed by atoms with Crippen LogP contribution in [-0.4, -0.2) is 11.4 Å². The molecule has 3 rings (SSSR count). The van der Waals surface area contributed by atoms with E-state index in [1.165, 1.54) is 12.1 Å². The van der Waals surface area contributed by atoms with E-state index in [0.717, 1.165) is 5.56 Å². The highest BCUT2D eigenvalue weighted by Crippen LogP contribution is 2.42. The molecule has 0 saturated heterocycles. The minimum Gasteiger partial charge on any atom is -0.508 e. The fraction of sp³-hybridized carbons (Fsp3) is 0.143. The minimum absolute atomic E-state index is 0.00528. The van der Waals surface area contributed by atoms with Crippen LogP contribution in [0.15, 0.2) is 42.5 Å². The average Bonchev–Trinajstić information content (AvgIpc) is 2.71. The van der Waals surface area contributed by atoms with Gasteiger partial charge in [0.2, 0.25) is 0 Å². The third-order valence-corrected chi connectivity index (χ3v) is 2.83. The molecule has 0 saturated carbocycles. The largest absolute Gasteiger partial charge is 0.586 e. The number of benzene rings is 2. The zero-order chi connectivity index (χ0) is 14.2. The van der Waals surface area contributed by atoms with E-state index in [1.807, 2.05) is 0 Å². The molecule has 0 atom stereocenters. The second kappa shape index (κ2) is 4.56. The Bertz CT molecular complexity index is 629. The Morgan fingerprint density at radius 1 is 1.00 bits per heavy atom. The summed E-state index contributed by atoms with van der Waals surface area (Å²) in [5.41, 5.74) is 1.59. The molecule has 4 nitrogen and oxygen atoms in total. The normalized spacial score (nSPS) is 15.1. The molecule has 2 aromatic rings. The molecule has 104 valence electrons. The zero-order valence-corrected chi connectivity index (χ0v) is 10.3. The van der Waals surface area contributed by atoms with Crippen LogP contribution < -0.4 is 14.8 Å². The van der Waals surface area contributed by atoms with Crippen LogP contribution in [0.2, 0.25) is 0 Å². The molecule has 0 aliphatic carbocycles. The minimum atomic E-state index is -3.60. The predicted molar refractivity (Wildman–Crippen MR) is 68.1 cm³/mol. The van der Waals surface area contributed by atoms with Crippen molar-refractivity contribution in [3.8, 4) is 17.2 Å². The van der Waals surface area contributed by atoms with Crippen LogP contribution in [0.4, 0.5) is 14.5 Å². The first kappa shape index (κ1) is 12.5. The Hall–Kier alpha value is -2.50. The topological polar surface area (TPSA) is 50.7 Å². The van der Waals surface area contributed by atoms with E-state index in [9.17, 15) is 13.9 Å². The van der Waals surface area contributed by atoms with Crippen LogP contribution >= 0.6 is 0 Å². The second-order valence-electron chi connectivity index (χ2n) is 4.35. The van der Waals surface area contributed by atoms with E-state index in [0.29, 0.717) is 12.2 Å². The first-order valence-electron chi connectivity index (χ1n) is 5.93. The van der Waals surface area contributed by atoms with Crippen LogP contribution in [-0.2, 0) is 6.54 Å². The van der Waals surface area contributed by atoms with Gasteiger partial charge in [0.1, 0.15) is 5.75 Å². The predicted octanol–water partition coefficient (Wildman–Crippen LogP) is 3.33. The van der Waals surface area contributed by atoms with Crippen LogP contribution in [0.3, 0.4) is 0 Å². The van der Waals surface area contributed by atoms with Gasteiger partial charge in [0.05, 0.1) is 0 Å². The molecule has 20 heavy (non-hydrogen) atoms. The SMILES string of the molecule is Oc1ccc(CNc2ccc3c(c2)OC(F)(F)O3)cc1. The third-order valence-electron chi connectivity index (χ3n) is 2.83. The van der Waals surface area contributed by atoms with Gasteiger partial charge in [0, 0.05) is 18.3 Å². The van der Waals surface area contributed by atoms with Crippen LogP contribution in [0, 0.1) is 0 Å². The number of phenols is 1. The molecule has 0 amide bonds. The Morgan fingerprint density at radius 2 is 1.70 bits per heavy atom. The number of phenolic OH excluding ortho intramolecular Hbond substituents is 1. The molecule has 0 unspecified atom stereocenters. The van der Waals surface area contributed by atoms with E-state index in [4.69, 9.17) is 0 Å². The summed E-state index contributed by atoms with van der Waals surface area (Å²) >= 11 is 0. The van der Waals surface area contributed by atoms with Crippen molar-refractivity contribution in [3.63, 3.8) is 0 Å². The van der Waals surface area contributed by atoms with E-state index < -0.39 is 6.29 Å². The average molecular weight is 279 g/mol. The highest BCUT2D eigenvalue weighted by molar-refractivity contribution is 5.56. The number of alkyl halides is 2. The van der Waals surface area contributed by atoms with Crippen LogP contribution in [0.5, 0.6) is 17.2 Å². The number of fused-ring (bicyclic) bond motifs is 1. The maximum atomic E-state index is 12.9. The van der Waals surface area contributed by atoms with Gasteiger partial charge >= 0.3 is 6.29 Å². The quantitative estimate of drug-likeness (QED) is 0.905. The Labute approximate surface area is 113 Å². The fourth-order valence-corrected chi connectivity index (χ4v) is 1.88. The molecule has 6 heteroatoms. The number of rotatable bonds is 3. The van der Waals surface area contributed by atoms with Gasteiger partial charge in [0.15, 0.2) is 11.5 Å². The molecule has 0 fully saturated rings. The lowest BCUT2D eigenvalue weighted by Gasteiger charge is -2.07. The van der Waals surface area contributed by atoms with Crippen molar-refractivity contribution in [2.45, 2.75) is 12.8 Å². The van der Waals surface area contributed by atoms with E-state index in [-0.39, 0.29) is 17.2 Å². The second-order valence-corrected chi connectivity index (χ2v) is 4.35. The molecule has 2 aromatic carbocycles. The fourth-order valence-electron chi connectivity index (χ4n) is 1.88. The van der Waals surface area contributed by atoms with Gasteiger partial charge in [-0.05, 0) is 29.8 Å². The van der Waals surface area contributed by atoms with Crippen molar-refractivity contribution in [2.24, 2.45) is 0 Å². The number of halogens is 2. The van der Waals surface area contributed by atoms with Crippen molar-refractivity contribution in [2.75, 3.05) is 5.32 Å². The van der Waals surface area contributed by atoms with Crippen LogP contribution in [0.1, 0.15) is 5.56 Å². The standard InChI is InChI=1S/C14H11F2NO3/c15-14(16)19-12-6-3-10(7-13(12)20-14)17-8-9-1-4-11(18)5-2-9/h1-7,17-18H,8H2. The molecule has 2 N–H and O–H groups in total. The summed E-state index contributed by atoms with van der Waals surface area (Å²) in [5, 5.41) is 12.3. The van der Waals surface area contributed by atoms with E-state index in [1.54, 1.807) is 30.3 Å². The molecule has 1 aliphatic heterocycles. The number of hydrogen-bond acceptors (Lipinski definition) is 4. The molecule has 0 bridgehead atoms. The smallest absolute Gasteiger partial charge is 0.508 e. The number of ether oxygens (including phenoxy) is 2. The van der Waals surface area contributed by atoms with Gasteiger partial charge in [-0.25, -0.2) is 0 Å². The Morgan fingerprint density at radius 3 is 2.45 bits per heavy atom. The first-order chi connectivity index (χ1) is 9.52.